The molecule has 2 spiro atoms. The molecule has 0 unspecified atom stereocenters. The largest absolute Gasteiger partial charge is 0.468 e. The van der Waals surface area contributed by atoms with E-state index in [9.17, 15) is 13.2 Å². The van der Waals surface area contributed by atoms with Crippen LogP contribution >= 0.6 is 0 Å². The lowest BCUT2D eigenvalue weighted by Crippen LogP contribution is -2.52. The second kappa shape index (κ2) is 6.60. The van der Waals surface area contributed by atoms with Gasteiger partial charge in [-0.3, -0.25) is 9.69 Å². The Bertz CT molecular complexity index is 799. The van der Waals surface area contributed by atoms with Crippen molar-refractivity contribution in [2.24, 2.45) is 10.8 Å². The molecule has 0 N–H and O–H groups in total. The molecule has 0 saturated carbocycles. The Morgan fingerprint density at radius 2 is 1.89 bits per heavy atom. The zero-order chi connectivity index (χ0) is 19.3. The van der Waals surface area contributed by atoms with Gasteiger partial charge in [0.15, 0.2) is 0 Å². The van der Waals surface area contributed by atoms with Crippen LogP contribution in [0.2, 0.25) is 0 Å². The van der Waals surface area contributed by atoms with Crippen molar-refractivity contribution >= 4 is 15.9 Å². The summed E-state index contributed by atoms with van der Waals surface area (Å²) in [7, 11) is -3.31. The number of hydrogen-bond donors (Lipinski definition) is 0. The lowest BCUT2D eigenvalue weighted by Gasteiger charge is -2.46. The summed E-state index contributed by atoms with van der Waals surface area (Å²) in [6.07, 6.45) is 5.42. The van der Waals surface area contributed by atoms with E-state index in [4.69, 9.17) is 4.42 Å². The number of furan rings is 1. The smallest absolute Gasteiger partial charge is 0.230 e. The van der Waals surface area contributed by atoms with Crippen molar-refractivity contribution in [2.45, 2.75) is 32.7 Å². The zero-order valence-corrected chi connectivity index (χ0v) is 17.0. The fourth-order valence-electron chi connectivity index (χ4n) is 5.42. The van der Waals surface area contributed by atoms with Crippen LogP contribution in [-0.2, 0) is 21.4 Å². The molecule has 3 saturated heterocycles. The highest BCUT2D eigenvalue weighted by atomic mass is 32.2. The van der Waals surface area contributed by atoms with Gasteiger partial charge in [-0.1, -0.05) is 0 Å². The number of rotatable bonds is 4. The van der Waals surface area contributed by atoms with E-state index in [1.807, 2.05) is 24.0 Å². The van der Waals surface area contributed by atoms with E-state index in [2.05, 4.69) is 4.90 Å². The van der Waals surface area contributed by atoms with E-state index in [-0.39, 0.29) is 11.3 Å². The lowest BCUT2D eigenvalue weighted by atomic mass is 9.60. The van der Waals surface area contributed by atoms with Gasteiger partial charge in [0.2, 0.25) is 15.9 Å². The van der Waals surface area contributed by atoms with Crippen molar-refractivity contribution in [3.8, 4) is 0 Å². The van der Waals surface area contributed by atoms with Crippen molar-refractivity contribution < 1.29 is 17.6 Å². The van der Waals surface area contributed by atoms with Gasteiger partial charge in [-0.25, -0.2) is 12.7 Å². The lowest BCUT2D eigenvalue weighted by molar-refractivity contribution is -0.142. The Morgan fingerprint density at radius 3 is 2.44 bits per heavy atom. The number of carbonyl (C=O) groups excluding carboxylic acids is 1. The Morgan fingerprint density at radius 1 is 1.15 bits per heavy atom. The average molecular weight is 396 g/mol. The fourth-order valence-corrected chi connectivity index (χ4v) is 6.36. The molecular weight excluding hydrogens is 366 g/mol. The maximum absolute atomic E-state index is 13.3. The molecule has 8 heteroatoms. The Balaban J connectivity index is 1.58. The standard InChI is InChI=1S/C19H29N3O4S/c1-3-21-11-8-19(17(21)23)15-22(27(2,24)25)14-18(19)6-9-20(10-7-18)13-16-5-4-12-26-16/h4-5,12H,3,6-11,13-15H2,1-2H3/t19-/m0/s1. The molecule has 0 bridgehead atoms. The highest BCUT2D eigenvalue weighted by molar-refractivity contribution is 7.88. The van der Waals surface area contributed by atoms with Gasteiger partial charge >= 0.3 is 0 Å². The Kier molecular flexibility index (Phi) is 4.63. The first kappa shape index (κ1) is 19.0. The van der Waals surface area contributed by atoms with Crippen LogP contribution < -0.4 is 0 Å². The molecule has 0 radical (unpaired) electrons. The summed E-state index contributed by atoms with van der Waals surface area (Å²) in [6.45, 7) is 6.74. The molecule has 3 fully saturated rings. The predicted molar refractivity (Wildman–Crippen MR) is 101 cm³/mol. The van der Waals surface area contributed by atoms with Crippen LogP contribution in [-0.4, -0.2) is 74.0 Å². The molecule has 3 aliphatic rings. The second-order valence-electron chi connectivity index (χ2n) is 8.38. The summed E-state index contributed by atoms with van der Waals surface area (Å²) in [6, 6.07) is 3.87. The topological polar surface area (TPSA) is 74.1 Å². The molecule has 3 aliphatic heterocycles. The number of carbonyl (C=O) groups is 1. The van der Waals surface area contributed by atoms with Crippen molar-refractivity contribution in [1.82, 2.24) is 14.1 Å². The first-order chi connectivity index (χ1) is 12.8. The summed E-state index contributed by atoms with van der Waals surface area (Å²) in [5.41, 5.74) is -0.806. The van der Waals surface area contributed by atoms with Crippen LogP contribution in [0.5, 0.6) is 0 Å². The van der Waals surface area contributed by atoms with Gasteiger partial charge in [-0.05, 0) is 51.4 Å². The molecule has 150 valence electrons. The highest BCUT2D eigenvalue weighted by Crippen LogP contribution is 2.58. The molecule has 1 amide bonds. The van der Waals surface area contributed by atoms with Crippen molar-refractivity contribution in [3.63, 3.8) is 0 Å². The number of fused-ring (bicyclic) bond motifs is 1. The van der Waals surface area contributed by atoms with E-state index in [1.54, 1.807) is 10.6 Å². The van der Waals surface area contributed by atoms with Crippen molar-refractivity contribution in [3.05, 3.63) is 24.2 Å². The Hall–Kier alpha value is -1.38. The summed E-state index contributed by atoms with van der Waals surface area (Å²) in [5, 5.41) is 0. The summed E-state index contributed by atoms with van der Waals surface area (Å²) in [5.74, 6) is 1.11. The minimum atomic E-state index is -3.31. The number of hydrogen-bond acceptors (Lipinski definition) is 5. The van der Waals surface area contributed by atoms with E-state index >= 15 is 0 Å². The SMILES string of the molecule is CCN1CC[C@]2(CN(S(C)(=O)=O)CC23CCN(Cc2ccco2)CC3)C1=O. The van der Waals surface area contributed by atoms with Crippen molar-refractivity contribution in [2.75, 3.05) is 45.5 Å². The fraction of sp³-hybridized carbons (Fsp3) is 0.737. The molecule has 27 heavy (non-hydrogen) atoms. The number of nitrogens with zero attached hydrogens (tertiary/aromatic N) is 3. The van der Waals surface area contributed by atoms with Gasteiger partial charge in [0, 0.05) is 31.6 Å². The van der Waals surface area contributed by atoms with E-state index in [0.717, 1.165) is 51.2 Å². The second-order valence-corrected chi connectivity index (χ2v) is 10.4. The third kappa shape index (κ3) is 3.02. The molecule has 0 aromatic carbocycles. The van der Waals surface area contributed by atoms with Gasteiger partial charge in [0.1, 0.15) is 5.76 Å². The predicted octanol–water partition coefficient (Wildman–Crippen LogP) is 1.38. The quantitative estimate of drug-likeness (QED) is 0.770. The van der Waals surface area contributed by atoms with E-state index in [0.29, 0.717) is 19.6 Å². The number of piperidine rings is 1. The van der Waals surface area contributed by atoms with Crippen LogP contribution in [0.3, 0.4) is 0 Å². The molecule has 1 aromatic heterocycles. The third-order valence-corrected chi connectivity index (χ3v) is 8.27. The number of likely N-dealkylation sites (tertiary alicyclic amines) is 2. The van der Waals surface area contributed by atoms with Gasteiger partial charge < -0.3 is 9.32 Å². The van der Waals surface area contributed by atoms with E-state index < -0.39 is 15.4 Å². The monoisotopic (exact) mass is 395 g/mol. The maximum Gasteiger partial charge on any atom is 0.230 e. The minimum Gasteiger partial charge on any atom is -0.468 e. The van der Waals surface area contributed by atoms with Gasteiger partial charge in [0.25, 0.3) is 0 Å². The van der Waals surface area contributed by atoms with Gasteiger partial charge in [-0.15, -0.1) is 0 Å². The molecular formula is C19H29N3O4S. The normalized spacial score (nSPS) is 29.4. The minimum absolute atomic E-state index is 0.163. The Labute approximate surface area is 161 Å². The number of amides is 1. The third-order valence-electron chi connectivity index (χ3n) is 7.07. The van der Waals surface area contributed by atoms with Crippen LogP contribution in [0.15, 0.2) is 22.8 Å². The van der Waals surface area contributed by atoms with Gasteiger partial charge in [0.05, 0.1) is 24.5 Å². The van der Waals surface area contributed by atoms with Crippen molar-refractivity contribution in [1.29, 1.82) is 0 Å². The summed E-state index contributed by atoms with van der Waals surface area (Å²) in [4.78, 5) is 17.6. The first-order valence-electron chi connectivity index (χ1n) is 9.79. The van der Waals surface area contributed by atoms with Crippen LogP contribution in [0, 0.1) is 10.8 Å². The number of sulfonamides is 1. The molecule has 1 atom stereocenters. The molecule has 7 nitrogen and oxygen atoms in total. The summed E-state index contributed by atoms with van der Waals surface area (Å²) < 4.78 is 31.6. The molecule has 4 rings (SSSR count). The highest BCUT2D eigenvalue weighted by Gasteiger charge is 2.66. The molecule has 1 aromatic rings. The van der Waals surface area contributed by atoms with Gasteiger partial charge in [-0.2, -0.15) is 0 Å². The first-order valence-corrected chi connectivity index (χ1v) is 11.6. The zero-order valence-electron chi connectivity index (χ0n) is 16.2. The van der Waals surface area contributed by atoms with Crippen LogP contribution in [0.25, 0.3) is 0 Å². The molecule has 4 heterocycles. The van der Waals surface area contributed by atoms with E-state index in [1.165, 1.54) is 6.26 Å². The summed E-state index contributed by atoms with van der Waals surface area (Å²) >= 11 is 0. The van der Waals surface area contributed by atoms with Crippen LogP contribution in [0.4, 0.5) is 0 Å². The average Bonchev–Trinajstić information content (AvgIpc) is 3.32. The maximum atomic E-state index is 13.3. The van der Waals surface area contributed by atoms with Crippen LogP contribution in [0.1, 0.15) is 31.9 Å². The molecule has 0 aliphatic carbocycles.